The van der Waals surface area contributed by atoms with Crippen LogP contribution in [0.1, 0.15) is 24.5 Å². The third-order valence-electron chi connectivity index (χ3n) is 3.49. The molecular weight excluding hydrogens is 245 g/mol. The van der Waals surface area contributed by atoms with E-state index >= 15 is 0 Å². The van der Waals surface area contributed by atoms with Crippen molar-refractivity contribution in [3.8, 4) is 6.07 Å². The van der Waals surface area contributed by atoms with E-state index in [1.807, 2.05) is 13.0 Å². The van der Waals surface area contributed by atoms with Crippen molar-refractivity contribution in [1.82, 2.24) is 4.90 Å². The highest BCUT2D eigenvalue weighted by atomic mass is 19.1. The zero-order valence-corrected chi connectivity index (χ0v) is 10.8. The molecule has 1 aliphatic heterocycles. The maximum absolute atomic E-state index is 13.8. The Balaban J connectivity index is 2.05. The van der Waals surface area contributed by atoms with Gasteiger partial charge in [0.2, 0.25) is 0 Å². The SMILES string of the molecule is CC1CN(Cc2ccc(C#N)cc2F)CC/C1=N\O. The van der Waals surface area contributed by atoms with E-state index in [1.54, 1.807) is 12.1 Å². The van der Waals surface area contributed by atoms with E-state index in [0.29, 0.717) is 24.1 Å². The number of nitriles is 1. The summed E-state index contributed by atoms with van der Waals surface area (Å²) >= 11 is 0. The Morgan fingerprint density at radius 3 is 2.95 bits per heavy atom. The lowest BCUT2D eigenvalue weighted by atomic mass is 9.97. The Morgan fingerprint density at radius 1 is 1.58 bits per heavy atom. The lowest BCUT2D eigenvalue weighted by Crippen LogP contribution is -2.39. The third kappa shape index (κ3) is 3.09. The van der Waals surface area contributed by atoms with E-state index in [1.165, 1.54) is 6.07 Å². The van der Waals surface area contributed by atoms with Gasteiger partial charge in [-0.2, -0.15) is 5.26 Å². The van der Waals surface area contributed by atoms with Crippen LogP contribution in [0.2, 0.25) is 0 Å². The summed E-state index contributed by atoms with van der Waals surface area (Å²) in [5, 5.41) is 20.8. The molecule has 1 fully saturated rings. The monoisotopic (exact) mass is 261 g/mol. The normalized spacial score (nSPS) is 22.4. The lowest BCUT2D eigenvalue weighted by Gasteiger charge is -2.31. The predicted molar refractivity (Wildman–Crippen MR) is 69.4 cm³/mol. The van der Waals surface area contributed by atoms with Gasteiger partial charge < -0.3 is 5.21 Å². The lowest BCUT2D eigenvalue weighted by molar-refractivity contribution is 0.226. The number of benzene rings is 1. The molecule has 2 rings (SSSR count). The van der Waals surface area contributed by atoms with Gasteiger partial charge in [-0.1, -0.05) is 18.1 Å². The van der Waals surface area contributed by atoms with Crippen molar-refractivity contribution in [1.29, 1.82) is 5.26 Å². The molecule has 19 heavy (non-hydrogen) atoms. The van der Waals surface area contributed by atoms with E-state index < -0.39 is 0 Å². The number of likely N-dealkylation sites (tertiary alicyclic amines) is 1. The molecule has 100 valence electrons. The zero-order chi connectivity index (χ0) is 13.8. The molecule has 0 bridgehead atoms. The first-order valence-electron chi connectivity index (χ1n) is 6.25. The molecule has 1 saturated heterocycles. The molecule has 1 heterocycles. The van der Waals surface area contributed by atoms with Gasteiger partial charge in [0.15, 0.2) is 0 Å². The van der Waals surface area contributed by atoms with Gasteiger partial charge in [-0.25, -0.2) is 4.39 Å². The van der Waals surface area contributed by atoms with E-state index in [-0.39, 0.29) is 11.7 Å². The van der Waals surface area contributed by atoms with Crippen LogP contribution in [0.25, 0.3) is 0 Å². The average Bonchev–Trinajstić information content (AvgIpc) is 2.41. The topological polar surface area (TPSA) is 59.6 Å². The third-order valence-corrected chi connectivity index (χ3v) is 3.49. The highest BCUT2D eigenvalue weighted by Crippen LogP contribution is 2.18. The maximum atomic E-state index is 13.8. The van der Waals surface area contributed by atoms with Crippen LogP contribution in [-0.2, 0) is 6.54 Å². The maximum Gasteiger partial charge on any atom is 0.129 e. The second kappa shape index (κ2) is 5.81. The van der Waals surface area contributed by atoms with Crippen molar-refractivity contribution in [2.75, 3.05) is 13.1 Å². The van der Waals surface area contributed by atoms with Crippen LogP contribution in [0, 0.1) is 23.1 Å². The van der Waals surface area contributed by atoms with Crippen LogP contribution in [0.5, 0.6) is 0 Å². The molecular formula is C14H16FN3O. The van der Waals surface area contributed by atoms with Gasteiger partial charge in [0.1, 0.15) is 5.82 Å². The van der Waals surface area contributed by atoms with E-state index in [2.05, 4.69) is 10.1 Å². The summed E-state index contributed by atoms with van der Waals surface area (Å²) in [6, 6.07) is 6.48. The number of halogens is 1. The van der Waals surface area contributed by atoms with Crippen molar-refractivity contribution < 1.29 is 9.60 Å². The summed E-state index contributed by atoms with van der Waals surface area (Å²) in [5.41, 5.74) is 1.73. The molecule has 1 aromatic carbocycles. The Labute approximate surface area is 111 Å². The number of piperidine rings is 1. The van der Waals surface area contributed by atoms with Gasteiger partial charge in [-0.05, 0) is 12.1 Å². The Hall–Kier alpha value is -1.93. The highest BCUT2D eigenvalue weighted by molar-refractivity contribution is 5.86. The van der Waals surface area contributed by atoms with E-state index in [9.17, 15) is 4.39 Å². The fourth-order valence-electron chi connectivity index (χ4n) is 2.38. The smallest absolute Gasteiger partial charge is 0.129 e. The minimum atomic E-state index is -0.340. The first-order valence-corrected chi connectivity index (χ1v) is 6.25. The molecule has 1 aliphatic rings. The molecule has 0 radical (unpaired) electrons. The molecule has 0 aliphatic carbocycles. The number of hydrogen-bond acceptors (Lipinski definition) is 4. The molecule has 0 amide bonds. The van der Waals surface area contributed by atoms with Gasteiger partial charge in [0, 0.05) is 37.5 Å². The first-order chi connectivity index (χ1) is 9.13. The number of nitrogens with zero attached hydrogens (tertiary/aromatic N) is 3. The molecule has 1 aromatic rings. The molecule has 4 nitrogen and oxygen atoms in total. The minimum Gasteiger partial charge on any atom is -0.411 e. The summed E-state index contributed by atoms with van der Waals surface area (Å²) in [6.07, 6.45) is 0.704. The molecule has 5 heteroatoms. The zero-order valence-electron chi connectivity index (χ0n) is 10.8. The van der Waals surface area contributed by atoms with Crippen molar-refractivity contribution >= 4 is 5.71 Å². The molecule has 1 atom stereocenters. The van der Waals surface area contributed by atoms with Gasteiger partial charge in [0.05, 0.1) is 17.3 Å². The van der Waals surface area contributed by atoms with E-state index in [0.717, 1.165) is 18.8 Å². The molecule has 1 N–H and O–H groups in total. The summed E-state index contributed by atoms with van der Waals surface area (Å²) < 4.78 is 13.8. The summed E-state index contributed by atoms with van der Waals surface area (Å²) in [7, 11) is 0. The highest BCUT2D eigenvalue weighted by Gasteiger charge is 2.23. The fourth-order valence-corrected chi connectivity index (χ4v) is 2.38. The molecule has 0 saturated carbocycles. The van der Waals surface area contributed by atoms with Crippen molar-refractivity contribution in [3.63, 3.8) is 0 Å². The summed E-state index contributed by atoms with van der Waals surface area (Å²) in [4.78, 5) is 2.13. The number of oxime groups is 1. The fraction of sp³-hybridized carbons (Fsp3) is 0.429. The van der Waals surface area contributed by atoms with Crippen LogP contribution in [0.4, 0.5) is 4.39 Å². The van der Waals surface area contributed by atoms with Gasteiger partial charge >= 0.3 is 0 Å². The molecule has 0 aromatic heterocycles. The molecule has 1 unspecified atom stereocenters. The largest absolute Gasteiger partial charge is 0.411 e. The van der Waals surface area contributed by atoms with Crippen LogP contribution < -0.4 is 0 Å². The second-order valence-electron chi connectivity index (χ2n) is 4.90. The van der Waals surface area contributed by atoms with Crippen LogP contribution >= 0.6 is 0 Å². The van der Waals surface area contributed by atoms with Gasteiger partial charge in [-0.15, -0.1) is 0 Å². The van der Waals surface area contributed by atoms with Crippen LogP contribution in [0.15, 0.2) is 23.4 Å². The van der Waals surface area contributed by atoms with Gasteiger partial charge in [-0.3, -0.25) is 4.90 Å². The summed E-state index contributed by atoms with van der Waals surface area (Å²) in [5.74, 6) is -0.159. The quantitative estimate of drug-likeness (QED) is 0.656. The Morgan fingerprint density at radius 2 is 2.37 bits per heavy atom. The van der Waals surface area contributed by atoms with Gasteiger partial charge in [0.25, 0.3) is 0 Å². The Bertz CT molecular complexity index is 536. The summed E-state index contributed by atoms with van der Waals surface area (Å²) in [6.45, 7) is 4.01. The Kier molecular flexibility index (Phi) is 4.13. The average molecular weight is 261 g/mol. The van der Waals surface area contributed by atoms with Crippen LogP contribution in [-0.4, -0.2) is 28.9 Å². The number of hydrogen-bond donors (Lipinski definition) is 1. The van der Waals surface area contributed by atoms with E-state index in [4.69, 9.17) is 10.5 Å². The van der Waals surface area contributed by atoms with Crippen molar-refractivity contribution in [2.45, 2.75) is 19.9 Å². The second-order valence-corrected chi connectivity index (χ2v) is 4.90. The van der Waals surface area contributed by atoms with Crippen molar-refractivity contribution in [3.05, 3.63) is 35.1 Å². The van der Waals surface area contributed by atoms with Crippen molar-refractivity contribution in [2.24, 2.45) is 11.1 Å². The molecule has 0 spiro atoms. The minimum absolute atomic E-state index is 0.181. The van der Waals surface area contributed by atoms with Crippen LogP contribution in [0.3, 0.4) is 0 Å². The standard InChI is InChI=1S/C14H16FN3O/c1-10-8-18(5-4-14(10)17-19)9-12-3-2-11(7-16)6-13(12)15/h2-3,6,10,19H,4-5,8-9H2,1H3/b17-14+. The predicted octanol–water partition coefficient (Wildman–Crippen LogP) is 2.37. The number of rotatable bonds is 2. The first kappa shape index (κ1) is 13.5.